The van der Waals surface area contributed by atoms with Gasteiger partial charge in [-0.05, 0) is 0 Å². The Hall–Kier alpha value is 0.470. The predicted octanol–water partition coefficient (Wildman–Crippen LogP) is 4.30. The molecule has 1 nitrogen and oxygen atoms in total. The Kier molecular flexibility index (Phi) is 7.10. The molecule has 0 aliphatic heterocycles. The van der Waals surface area contributed by atoms with Crippen LogP contribution in [0.15, 0.2) is 33.7 Å². The van der Waals surface area contributed by atoms with Crippen molar-refractivity contribution in [1.82, 2.24) is 0 Å². The maximum Gasteiger partial charge on any atom is -0.172 e. The van der Waals surface area contributed by atoms with E-state index in [9.17, 15) is 0 Å². The van der Waals surface area contributed by atoms with Gasteiger partial charge < -0.3 is 0 Å². The number of hydrogen-bond acceptors (Lipinski definition) is 1. The van der Waals surface area contributed by atoms with Crippen molar-refractivity contribution < 1.29 is 16.1 Å². The van der Waals surface area contributed by atoms with Crippen LogP contribution in [0.25, 0.3) is 0 Å². The minimum absolute atomic E-state index is 0.0354. The Bertz CT molecular complexity index is 215. The van der Waals surface area contributed by atoms with E-state index in [1.165, 1.54) is 0 Å². The zero-order valence-electron chi connectivity index (χ0n) is 8.04. The molecule has 0 heterocycles. The minimum atomic E-state index is -2.09. The van der Waals surface area contributed by atoms with Crippen LogP contribution < -0.4 is 0 Å². The molecule has 0 radical (unpaired) electrons. The van der Waals surface area contributed by atoms with Crippen molar-refractivity contribution in [3.63, 3.8) is 0 Å². The average molecular weight is 300 g/mol. The van der Waals surface area contributed by atoms with E-state index in [1.54, 1.807) is 0 Å². The summed E-state index contributed by atoms with van der Waals surface area (Å²) in [4.78, 5) is 0. The first-order valence-electron chi connectivity index (χ1n) is 3.93. The molecule has 0 saturated carbocycles. The van der Waals surface area contributed by atoms with Crippen molar-refractivity contribution in [2.75, 3.05) is 0 Å². The van der Waals surface area contributed by atoms with Gasteiger partial charge in [0.15, 0.2) is 0 Å². The molecule has 1 rings (SSSR count). The number of nitrogens with zero attached hydrogens (tertiary/aromatic N) is 1. The van der Waals surface area contributed by atoms with Crippen LogP contribution in [0, 0.1) is 0 Å². The molecular formula is C9H14Cl2NNb-. The smallest absolute Gasteiger partial charge is 0.172 e. The maximum atomic E-state index is 5.54. The molecule has 0 atom stereocenters. The molecule has 0 saturated heterocycles. The van der Waals surface area contributed by atoms with Gasteiger partial charge in [0.1, 0.15) is 0 Å². The van der Waals surface area contributed by atoms with Crippen LogP contribution in [-0.2, 0) is 16.1 Å². The first-order valence-corrected chi connectivity index (χ1v) is 10.6. The minimum Gasteiger partial charge on any atom is -0.214 e. The van der Waals surface area contributed by atoms with Gasteiger partial charge in [0.25, 0.3) is 0 Å². The van der Waals surface area contributed by atoms with Gasteiger partial charge in [-0.15, -0.1) is 0 Å². The van der Waals surface area contributed by atoms with Crippen LogP contribution in [0.1, 0.15) is 20.8 Å². The van der Waals surface area contributed by atoms with Crippen molar-refractivity contribution in [3.05, 3.63) is 30.3 Å². The van der Waals surface area contributed by atoms with Crippen molar-refractivity contribution in [1.29, 1.82) is 0 Å². The Morgan fingerprint density at radius 1 is 1.15 bits per heavy atom. The number of rotatable bonds is 0. The molecule has 0 spiro atoms. The second-order valence-electron chi connectivity index (χ2n) is 3.45. The summed E-state index contributed by atoms with van der Waals surface area (Å²) in [5.74, 6) is 0. The summed E-state index contributed by atoms with van der Waals surface area (Å²) in [6.07, 6.45) is 0. The van der Waals surface area contributed by atoms with Gasteiger partial charge in [-0.3, -0.25) is 0 Å². The van der Waals surface area contributed by atoms with Gasteiger partial charge in [-0.1, -0.05) is 0 Å². The van der Waals surface area contributed by atoms with Gasteiger partial charge in [0.2, 0.25) is 0 Å². The Balaban J connectivity index is 0.000000243. The fourth-order valence-electron chi connectivity index (χ4n) is 0.548. The second-order valence-corrected chi connectivity index (χ2v) is 9.81. The molecular weight excluding hydrogens is 286 g/mol. The third-order valence-corrected chi connectivity index (χ3v) is 3.67. The summed E-state index contributed by atoms with van der Waals surface area (Å²) >= 11 is -2.09. The van der Waals surface area contributed by atoms with E-state index in [0.717, 1.165) is 0 Å². The van der Waals surface area contributed by atoms with Gasteiger partial charge in [0, 0.05) is 0 Å². The van der Waals surface area contributed by atoms with Crippen molar-refractivity contribution in [2.24, 2.45) is 3.34 Å². The fraction of sp³-hybridized carbons (Fsp3) is 0.444. The quantitative estimate of drug-likeness (QED) is 0.500. The molecule has 13 heavy (non-hydrogen) atoms. The molecule has 0 N–H and O–H groups in total. The monoisotopic (exact) mass is 299 g/mol. The molecule has 4 heteroatoms. The summed E-state index contributed by atoms with van der Waals surface area (Å²) in [5, 5.41) is 0. The molecule has 0 unspecified atom stereocenters. The van der Waals surface area contributed by atoms with Gasteiger partial charge in [-0.2, -0.15) is 18.2 Å². The Morgan fingerprint density at radius 2 is 1.62 bits per heavy atom. The molecule has 1 aromatic carbocycles. The molecule has 0 amide bonds. The molecule has 0 aliphatic rings. The van der Waals surface area contributed by atoms with Gasteiger partial charge in [-0.25, -0.2) is 12.1 Å². The van der Waals surface area contributed by atoms with Crippen molar-refractivity contribution in [2.45, 2.75) is 26.3 Å². The van der Waals surface area contributed by atoms with Crippen LogP contribution in [0.2, 0.25) is 0 Å². The van der Waals surface area contributed by atoms with Crippen LogP contribution in [0.5, 0.6) is 0 Å². The zero-order valence-corrected chi connectivity index (χ0v) is 11.7. The number of hydrogen-bond donors (Lipinski definition) is 0. The Morgan fingerprint density at radius 3 is 1.69 bits per heavy atom. The normalized spacial score (nSPS) is 9.92. The van der Waals surface area contributed by atoms with E-state index in [4.69, 9.17) is 18.4 Å². The largest absolute Gasteiger partial charge is 0.214 e. The van der Waals surface area contributed by atoms with E-state index in [0.29, 0.717) is 0 Å². The second kappa shape index (κ2) is 6.86. The van der Waals surface area contributed by atoms with Crippen LogP contribution in [0.3, 0.4) is 0 Å². The molecule has 0 aromatic heterocycles. The standard InChI is InChI=1S/C5H5.C4H9N.2ClH.Nb/c1-2-4-5-3-1;1-4(2,3)5;;;/h1-5H;1-3H3;2*1H;/q-1;;;;+2/p-2. The average Bonchev–Trinajstić information content (AvgIpc) is 2.33. The van der Waals surface area contributed by atoms with E-state index in [-0.39, 0.29) is 5.54 Å². The zero-order chi connectivity index (χ0) is 10.3. The summed E-state index contributed by atoms with van der Waals surface area (Å²) in [6, 6.07) is 10.0. The third kappa shape index (κ3) is 12.5. The van der Waals surface area contributed by atoms with Gasteiger partial charge in [0.05, 0.1) is 0 Å². The molecule has 1 aromatic rings. The molecule has 0 aliphatic carbocycles. The predicted molar refractivity (Wildman–Crippen MR) is 55.9 cm³/mol. The van der Waals surface area contributed by atoms with Crippen LogP contribution in [-0.4, -0.2) is 5.54 Å². The third-order valence-electron chi connectivity index (χ3n) is 0.931. The van der Waals surface area contributed by atoms with Crippen LogP contribution in [0.4, 0.5) is 0 Å². The van der Waals surface area contributed by atoms with E-state index in [1.807, 2.05) is 51.1 Å². The SMILES string of the molecule is CC(C)(C)[N]=[Nb]([Cl])[Cl].c1cc[cH-]c1. The topological polar surface area (TPSA) is 12.4 Å². The van der Waals surface area contributed by atoms with E-state index >= 15 is 0 Å². The summed E-state index contributed by atoms with van der Waals surface area (Å²) in [6.45, 7) is 5.98. The first kappa shape index (κ1) is 13.5. The van der Waals surface area contributed by atoms with Crippen molar-refractivity contribution >= 4 is 18.4 Å². The van der Waals surface area contributed by atoms with Crippen LogP contribution >= 0.6 is 18.4 Å². The Labute approximate surface area is 94.1 Å². The van der Waals surface area contributed by atoms with E-state index in [2.05, 4.69) is 3.34 Å². The summed E-state index contributed by atoms with van der Waals surface area (Å²) < 4.78 is 4.12. The van der Waals surface area contributed by atoms with Gasteiger partial charge >= 0.3 is 64.1 Å². The molecule has 75 valence electrons. The van der Waals surface area contributed by atoms with Crippen molar-refractivity contribution in [3.8, 4) is 0 Å². The van der Waals surface area contributed by atoms with E-state index < -0.39 is 16.1 Å². The summed E-state index contributed by atoms with van der Waals surface area (Å²) in [5.41, 5.74) is -0.0354. The fourth-order valence-corrected chi connectivity index (χ4v) is 4.35. The molecule has 0 fully saturated rings. The maximum absolute atomic E-state index is 5.54. The summed E-state index contributed by atoms with van der Waals surface area (Å²) in [7, 11) is 11.1. The number of halogens is 2. The molecule has 0 bridgehead atoms. The first-order chi connectivity index (χ1) is 5.92.